The van der Waals surface area contributed by atoms with Crippen LogP contribution >= 0.6 is 11.6 Å². The molecule has 0 heterocycles. The van der Waals surface area contributed by atoms with Crippen molar-refractivity contribution in [3.63, 3.8) is 0 Å². The number of hydrogen-bond acceptors (Lipinski definition) is 4. The highest BCUT2D eigenvalue weighted by Crippen LogP contribution is 2.71. The van der Waals surface area contributed by atoms with Gasteiger partial charge in [0, 0.05) is 17.9 Å². The van der Waals surface area contributed by atoms with Crippen molar-refractivity contribution in [1.29, 1.82) is 0 Å². The maximum absolute atomic E-state index is 13.1. The Bertz CT molecular complexity index is 817. The lowest BCUT2D eigenvalue weighted by Crippen LogP contribution is -2.48. The van der Waals surface area contributed by atoms with E-state index in [2.05, 4.69) is 31.2 Å². The summed E-state index contributed by atoms with van der Waals surface area (Å²) in [5.74, 6) is -0.521. The molecule has 2 bridgehead atoms. The van der Waals surface area contributed by atoms with E-state index in [0.29, 0.717) is 11.4 Å². The molecule has 3 rings (SSSR count). The largest absolute Gasteiger partial charge is 0.367 e. The third-order valence-corrected chi connectivity index (χ3v) is 7.25. The SMILES string of the molecule is CC(C)NC(=O)C12CCC(C)(/C(=N\OC(=O)c3ccccc3Cl)C1)C2(C)C. The summed E-state index contributed by atoms with van der Waals surface area (Å²) >= 11 is 6.06. The van der Waals surface area contributed by atoms with Gasteiger partial charge in [0.1, 0.15) is 0 Å². The minimum Gasteiger partial charge on any atom is -0.353 e. The van der Waals surface area contributed by atoms with Crippen LogP contribution in [0.5, 0.6) is 0 Å². The molecule has 0 aliphatic heterocycles. The molecule has 0 spiro atoms. The van der Waals surface area contributed by atoms with Crippen molar-refractivity contribution in [2.75, 3.05) is 0 Å². The van der Waals surface area contributed by atoms with E-state index in [9.17, 15) is 9.59 Å². The van der Waals surface area contributed by atoms with Crippen molar-refractivity contribution in [2.24, 2.45) is 21.4 Å². The molecule has 2 atom stereocenters. The molecule has 1 N–H and O–H groups in total. The summed E-state index contributed by atoms with van der Waals surface area (Å²) in [6.45, 7) is 10.3. The van der Waals surface area contributed by atoms with Gasteiger partial charge < -0.3 is 10.2 Å². The summed E-state index contributed by atoms with van der Waals surface area (Å²) in [5.41, 5.74) is -0.0420. The van der Waals surface area contributed by atoms with E-state index in [1.54, 1.807) is 24.3 Å². The standard InChI is InChI=1S/C21H27ClN2O3/c1-13(2)23-18(26)21-11-10-20(5,19(21,3)4)16(12-21)24-27-17(25)14-8-6-7-9-15(14)22/h6-9,13H,10-12H2,1-5H3,(H,23,26)/b24-16-. The van der Waals surface area contributed by atoms with E-state index < -0.39 is 11.4 Å². The molecule has 146 valence electrons. The molecule has 1 aromatic carbocycles. The molecule has 2 aliphatic carbocycles. The van der Waals surface area contributed by atoms with Crippen LogP contribution in [0.2, 0.25) is 5.02 Å². The maximum Gasteiger partial charge on any atom is 0.367 e. The Hall–Kier alpha value is -1.88. The van der Waals surface area contributed by atoms with E-state index >= 15 is 0 Å². The zero-order valence-corrected chi connectivity index (χ0v) is 17.3. The smallest absolute Gasteiger partial charge is 0.353 e. The fourth-order valence-corrected chi connectivity index (χ4v) is 4.91. The second-order valence-corrected chi connectivity index (χ2v) is 9.15. The molecule has 0 saturated heterocycles. The van der Waals surface area contributed by atoms with Crippen molar-refractivity contribution in [2.45, 2.75) is 59.9 Å². The second kappa shape index (κ2) is 6.62. The van der Waals surface area contributed by atoms with Gasteiger partial charge in [-0.1, -0.05) is 49.7 Å². The average Bonchev–Trinajstić information content (AvgIpc) is 2.90. The number of nitrogens with zero attached hydrogens (tertiary/aromatic N) is 1. The van der Waals surface area contributed by atoms with Crippen LogP contribution < -0.4 is 5.32 Å². The van der Waals surface area contributed by atoms with Gasteiger partial charge in [0.25, 0.3) is 0 Å². The lowest BCUT2D eigenvalue weighted by atomic mass is 9.64. The molecule has 2 unspecified atom stereocenters. The predicted octanol–water partition coefficient (Wildman–Crippen LogP) is 4.59. The van der Waals surface area contributed by atoms with Crippen LogP contribution in [0.25, 0.3) is 0 Å². The Morgan fingerprint density at radius 3 is 2.48 bits per heavy atom. The average molecular weight is 391 g/mol. The lowest BCUT2D eigenvalue weighted by Gasteiger charge is -2.39. The predicted molar refractivity (Wildman–Crippen MR) is 106 cm³/mol. The number of oxime groups is 1. The van der Waals surface area contributed by atoms with Gasteiger partial charge in [-0.2, -0.15) is 0 Å². The number of rotatable bonds is 4. The number of halogens is 1. The monoisotopic (exact) mass is 390 g/mol. The molecule has 5 nitrogen and oxygen atoms in total. The van der Waals surface area contributed by atoms with Gasteiger partial charge in [0.2, 0.25) is 5.91 Å². The van der Waals surface area contributed by atoms with E-state index in [-0.39, 0.29) is 28.3 Å². The first-order valence-electron chi connectivity index (χ1n) is 9.39. The molecule has 0 aromatic heterocycles. The quantitative estimate of drug-likeness (QED) is 0.603. The lowest BCUT2D eigenvalue weighted by molar-refractivity contribution is -0.136. The number of benzene rings is 1. The van der Waals surface area contributed by atoms with Gasteiger partial charge in [0.05, 0.1) is 21.7 Å². The van der Waals surface area contributed by atoms with Crippen LogP contribution in [-0.4, -0.2) is 23.6 Å². The van der Waals surface area contributed by atoms with Crippen molar-refractivity contribution < 1.29 is 14.4 Å². The normalized spacial score (nSPS) is 30.0. The second-order valence-electron chi connectivity index (χ2n) is 8.74. The highest BCUT2D eigenvalue weighted by atomic mass is 35.5. The highest BCUT2D eigenvalue weighted by Gasteiger charge is 2.71. The van der Waals surface area contributed by atoms with Crippen molar-refractivity contribution >= 4 is 29.2 Å². The molecule has 27 heavy (non-hydrogen) atoms. The zero-order valence-electron chi connectivity index (χ0n) is 16.6. The topological polar surface area (TPSA) is 67.8 Å². The van der Waals surface area contributed by atoms with Crippen LogP contribution in [0, 0.1) is 16.2 Å². The maximum atomic E-state index is 13.1. The number of carbonyl (C=O) groups is 2. The number of fused-ring (bicyclic) bond motifs is 2. The van der Waals surface area contributed by atoms with Crippen molar-refractivity contribution in [1.82, 2.24) is 5.32 Å². The summed E-state index contributed by atoms with van der Waals surface area (Å²) in [6, 6.07) is 6.80. The number of hydrogen-bond donors (Lipinski definition) is 1. The molecule has 2 aliphatic rings. The van der Waals surface area contributed by atoms with Crippen LogP contribution in [0.4, 0.5) is 0 Å². The fraction of sp³-hybridized carbons (Fsp3) is 0.571. The molecule has 1 aromatic rings. The molecular weight excluding hydrogens is 364 g/mol. The Labute approximate surface area is 165 Å². The number of carbonyl (C=O) groups excluding carboxylic acids is 2. The van der Waals surface area contributed by atoms with Gasteiger partial charge >= 0.3 is 5.97 Å². The van der Waals surface area contributed by atoms with Crippen molar-refractivity contribution in [3.05, 3.63) is 34.9 Å². The van der Waals surface area contributed by atoms with Gasteiger partial charge in [-0.05, 0) is 44.2 Å². The van der Waals surface area contributed by atoms with Crippen LogP contribution in [0.1, 0.15) is 64.2 Å². The Morgan fingerprint density at radius 2 is 1.85 bits per heavy atom. The minimum atomic E-state index is -0.585. The zero-order chi connectivity index (χ0) is 20.0. The highest BCUT2D eigenvalue weighted by molar-refractivity contribution is 6.33. The summed E-state index contributed by atoms with van der Waals surface area (Å²) in [5, 5.41) is 7.63. The Balaban J connectivity index is 1.88. The van der Waals surface area contributed by atoms with Crippen LogP contribution in [0.15, 0.2) is 29.4 Å². The molecule has 2 fully saturated rings. The fourth-order valence-electron chi connectivity index (χ4n) is 4.70. The van der Waals surface area contributed by atoms with Gasteiger partial charge in [0.15, 0.2) is 0 Å². The first-order valence-corrected chi connectivity index (χ1v) is 9.77. The Kier molecular flexibility index (Phi) is 4.87. The van der Waals surface area contributed by atoms with E-state index in [1.165, 1.54) is 0 Å². The number of nitrogens with one attached hydrogen (secondary N) is 1. The van der Waals surface area contributed by atoms with Gasteiger partial charge in [-0.15, -0.1) is 0 Å². The van der Waals surface area contributed by atoms with E-state index in [4.69, 9.17) is 16.4 Å². The molecule has 0 radical (unpaired) electrons. The Morgan fingerprint density at radius 1 is 1.19 bits per heavy atom. The van der Waals surface area contributed by atoms with Crippen LogP contribution in [-0.2, 0) is 9.63 Å². The summed E-state index contributed by atoms with van der Waals surface area (Å²) < 4.78 is 0. The van der Waals surface area contributed by atoms with E-state index in [0.717, 1.165) is 18.6 Å². The molecular formula is C21H27ClN2O3. The van der Waals surface area contributed by atoms with Gasteiger partial charge in [-0.25, -0.2) is 4.79 Å². The third-order valence-electron chi connectivity index (χ3n) is 6.92. The molecule has 6 heteroatoms. The summed E-state index contributed by atoms with van der Waals surface area (Å²) in [6.07, 6.45) is 2.16. The summed E-state index contributed by atoms with van der Waals surface area (Å²) in [7, 11) is 0. The minimum absolute atomic E-state index is 0.0638. The van der Waals surface area contributed by atoms with Gasteiger partial charge in [-0.3, -0.25) is 4.79 Å². The van der Waals surface area contributed by atoms with Crippen LogP contribution in [0.3, 0.4) is 0 Å². The summed E-state index contributed by atoms with van der Waals surface area (Å²) in [4.78, 5) is 30.7. The third kappa shape index (κ3) is 2.87. The van der Waals surface area contributed by atoms with E-state index in [1.807, 2.05) is 13.8 Å². The van der Waals surface area contributed by atoms with Crippen molar-refractivity contribution in [3.8, 4) is 0 Å². The first kappa shape index (κ1) is 19.9. The molecule has 1 amide bonds. The molecule has 2 saturated carbocycles. The first-order chi connectivity index (χ1) is 12.5. The number of amides is 1.